The normalized spacial score (nSPS) is 26.3. The lowest BCUT2D eigenvalue weighted by Gasteiger charge is -2.13. The van der Waals surface area contributed by atoms with Crippen LogP contribution in [0, 0.1) is 11.7 Å². The zero-order valence-electron chi connectivity index (χ0n) is 9.20. The van der Waals surface area contributed by atoms with Crippen molar-refractivity contribution >= 4 is 0 Å². The highest BCUT2D eigenvalue weighted by Gasteiger charge is 2.35. The first-order chi connectivity index (χ1) is 7.20. The minimum atomic E-state index is -0.260. The van der Waals surface area contributed by atoms with Gasteiger partial charge in [-0.05, 0) is 30.9 Å². The first kappa shape index (κ1) is 10.6. The Labute approximate surface area is 89.9 Å². The van der Waals surface area contributed by atoms with E-state index >= 15 is 0 Å². The molecule has 0 amide bonds. The van der Waals surface area contributed by atoms with Gasteiger partial charge in [-0.3, -0.25) is 4.98 Å². The van der Waals surface area contributed by atoms with Crippen LogP contribution < -0.4 is 5.32 Å². The molecular formula is C12H17FN2. The summed E-state index contributed by atoms with van der Waals surface area (Å²) >= 11 is 0. The summed E-state index contributed by atoms with van der Waals surface area (Å²) in [5.74, 6) is 0.554. The first-order valence-electron chi connectivity index (χ1n) is 5.57. The van der Waals surface area contributed by atoms with Crippen LogP contribution in [0.2, 0.25) is 0 Å². The molecule has 1 heterocycles. The van der Waals surface area contributed by atoms with Crippen molar-refractivity contribution < 1.29 is 4.39 Å². The van der Waals surface area contributed by atoms with E-state index in [-0.39, 0.29) is 11.9 Å². The molecule has 0 bridgehead atoms. The van der Waals surface area contributed by atoms with Crippen molar-refractivity contribution in [3.8, 4) is 0 Å². The Morgan fingerprint density at radius 2 is 2.40 bits per heavy atom. The molecule has 1 aromatic rings. The van der Waals surface area contributed by atoms with Gasteiger partial charge in [0.25, 0.3) is 0 Å². The second-order valence-electron chi connectivity index (χ2n) is 4.34. The Bertz CT molecular complexity index is 340. The number of hydrogen-bond acceptors (Lipinski definition) is 2. The van der Waals surface area contributed by atoms with Gasteiger partial charge >= 0.3 is 0 Å². The predicted octanol–water partition coefficient (Wildman–Crippen LogP) is 2.67. The minimum absolute atomic E-state index is 0.190. The van der Waals surface area contributed by atoms with Gasteiger partial charge in [-0.25, -0.2) is 4.39 Å². The lowest BCUT2D eigenvalue weighted by Crippen LogP contribution is -2.22. The monoisotopic (exact) mass is 208 g/mol. The standard InChI is InChI=1S/C12H17FN2/c1-3-9-5-12(9)15-8(2)10-4-11(13)7-14-6-10/h4,6-9,12,15H,3,5H2,1-2H3. The van der Waals surface area contributed by atoms with Crippen LogP contribution in [0.4, 0.5) is 4.39 Å². The van der Waals surface area contributed by atoms with E-state index in [1.54, 1.807) is 12.3 Å². The largest absolute Gasteiger partial charge is 0.307 e. The fraction of sp³-hybridized carbons (Fsp3) is 0.583. The molecule has 1 saturated carbocycles. The molecule has 1 aromatic heterocycles. The van der Waals surface area contributed by atoms with E-state index in [9.17, 15) is 4.39 Å². The molecule has 3 unspecified atom stereocenters. The number of nitrogens with one attached hydrogen (secondary N) is 1. The average molecular weight is 208 g/mol. The second-order valence-corrected chi connectivity index (χ2v) is 4.34. The van der Waals surface area contributed by atoms with Crippen molar-refractivity contribution in [1.29, 1.82) is 0 Å². The van der Waals surface area contributed by atoms with Crippen LogP contribution in [0.5, 0.6) is 0 Å². The zero-order valence-corrected chi connectivity index (χ0v) is 9.20. The molecule has 0 radical (unpaired) electrons. The third kappa shape index (κ3) is 2.53. The molecule has 1 N–H and O–H groups in total. The van der Waals surface area contributed by atoms with E-state index in [1.165, 1.54) is 19.0 Å². The second kappa shape index (κ2) is 4.27. The molecule has 0 aromatic carbocycles. The minimum Gasteiger partial charge on any atom is -0.307 e. The molecule has 3 heteroatoms. The zero-order chi connectivity index (χ0) is 10.8. The van der Waals surface area contributed by atoms with Crippen LogP contribution in [-0.4, -0.2) is 11.0 Å². The Morgan fingerprint density at radius 3 is 3.00 bits per heavy atom. The summed E-state index contributed by atoms with van der Waals surface area (Å²) < 4.78 is 12.9. The Balaban J connectivity index is 1.93. The van der Waals surface area contributed by atoms with Gasteiger partial charge in [0.1, 0.15) is 5.82 Å². The molecule has 82 valence electrons. The molecule has 3 atom stereocenters. The van der Waals surface area contributed by atoms with Gasteiger partial charge in [-0.2, -0.15) is 0 Å². The van der Waals surface area contributed by atoms with Crippen LogP contribution in [0.1, 0.15) is 38.3 Å². The van der Waals surface area contributed by atoms with Crippen LogP contribution in [-0.2, 0) is 0 Å². The lowest BCUT2D eigenvalue weighted by atomic mass is 10.1. The molecular weight excluding hydrogens is 191 g/mol. The number of aromatic nitrogens is 1. The van der Waals surface area contributed by atoms with Gasteiger partial charge in [0.15, 0.2) is 0 Å². The Morgan fingerprint density at radius 1 is 1.60 bits per heavy atom. The fourth-order valence-electron chi connectivity index (χ4n) is 1.99. The molecule has 2 nitrogen and oxygen atoms in total. The van der Waals surface area contributed by atoms with Crippen molar-refractivity contribution in [2.24, 2.45) is 5.92 Å². The van der Waals surface area contributed by atoms with Gasteiger partial charge in [-0.15, -0.1) is 0 Å². The number of nitrogens with zero attached hydrogens (tertiary/aromatic N) is 1. The van der Waals surface area contributed by atoms with E-state index < -0.39 is 0 Å². The maximum atomic E-state index is 12.9. The van der Waals surface area contributed by atoms with Crippen molar-refractivity contribution in [2.45, 2.75) is 38.8 Å². The van der Waals surface area contributed by atoms with Gasteiger partial charge in [0, 0.05) is 18.3 Å². The molecule has 1 aliphatic carbocycles. The summed E-state index contributed by atoms with van der Waals surface area (Å²) in [6.45, 7) is 4.27. The average Bonchev–Trinajstić information content (AvgIpc) is 2.96. The lowest BCUT2D eigenvalue weighted by molar-refractivity contribution is 0.532. The van der Waals surface area contributed by atoms with Crippen molar-refractivity contribution in [3.63, 3.8) is 0 Å². The molecule has 0 spiro atoms. The maximum absolute atomic E-state index is 12.9. The molecule has 1 fully saturated rings. The van der Waals surface area contributed by atoms with Gasteiger partial charge in [-0.1, -0.05) is 13.3 Å². The summed E-state index contributed by atoms with van der Waals surface area (Å²) in [6.07, 6.45) is 5.45. The van der Waals surface area contributed by atoms with Crippen molar-refractivity contribution in [1.82, 2.24) is 10.3 Å². The molecule has 1 aliphatic rings. The third-order valence-corrected chi connectivity index (χ3v) is 3.14. The summed E-state index contributed by atoms with van der Waals surface area (Å²) in [6, 6.07) is 2.36. The van der Waals surface area contributed by atoms with E-state index in [2.05, 4.69) is 24.1 Å². The third-order valence-electron chi connectivity index (χ3n) is 3.14. The highest BCUT2D eigenvalue weighted by atomic mass is 19.1. The van der Waals surface area contributed by atoms with Crippen molar-refractivity contribution in [3.05, 3.63) is 29.8 Å². The Hall–Kier alpha value is -0.960. The van der Waals surface area contributed by atoms with E-state index in [0.29, 0.717) is 6.04 Å². The van der Waals surface area contributed by atoms with Gasteiger partial charge in [0.2, 0.25) is 0 Å². The van der Waals surface area contributed by atoms with Crippen LogP contribution in [0.15, 0.2) is 18.5 Å². The molecule has 0 saturated heterocycles. The molecule has 15 heavy (non-hydrogen) atoms. The fourth-order valence-corrected chi connectivity index (χ4v) is 1.99. The number of pyridine rings is 1. The summed E-state index contributed by atoms with van der Waals surface area (Å²) in [4.78, 5) is 3.86. The van der Waals surface area contributed by atoms with Crippen LogP contribution in [0.25, 0.3) is 0 Å². The number of hydrogen-bond donors (Lipinski definition) is 1. The first-order valence-corrected chi connectivity index (χ1v) is 5.57. The van der Waals surface area contributed by atoms with E-state index in [4.69, 9.17) is 0 Å². The predicted molar refractivity (Wildman–Crippen MR) is 57.9 cm³/mol. The number of halogens is 1. The Kier molecular flexibility index (Phi) is 3.00. The van der Waals surface area contributed by atoms with Gasteiger partial charge in [0.05, 0.1) is 6.20 Å². The van der Waals surface area contributed by atoms with Gasteiger partial charge < -0.3 is 5.32 Å². The topological polar surface area (TPSA) is 24.9 Å². The SMILES string of the molecule is CCC1CC1NC(C)c1cncc(F)c1. The maximum Gasteiger partial charge on any atom is 0.141 e. The smallest absolute Gasteiger partial charge is 0.141 e. The summed E-state index contributed by atoms with van der Waals surface area (Å²) in [7, 11) is 0. The molecule has 0 aliphatic heterocycles. The highest BCUT2D eigenvalue weighted by Crippen LogP contribution is 2.35. The van der Waals surface area contributed by atoms with Crippen LogP contribution >= 0.6 is 0 Å². The van der Waals surface area contributed by atoms with E-state index in [1.807, 2.05) is 0 Å². The van der Waals surface area contributed by atoms with E-state index in [0.717, 1.165) is 11.5 Å². The van der Waals surface area contributed by atoms with Crippen molar-refractivity contribution in [2.75, 3.05) is 0 Å². The molecule has 2 rings (SSSR count). The highest BCUT2D eigenvalue weighted by molar-refractivity contribution is 5.15. The quantitative estimate of drug-likeness (QED) is 0.822. The summed E-state index contributed by atoms with van der Waals surface area (Å²) in [5, 5.41) is 3.49. The number of rotatable bonds is 4. The summed E-state index contributed by atoms with van der Waals surface area (Å²) in [5.41, 5.74) is 0.928. The van der Waals surface area contributed by atoms with Crippen LogP contribution in [0.3, 0.4) is 0 Å².